The minimum Gasteiger partial charge on any atom is -0.495 e. The fraction of sp³-hybridized carbons (Fsp3) is 0.500. The van der Waals surface area contributed by atoms with Crippen LogP contribution in [0.15, 0.2) is 18.2 Å². The monoisotopic (exact) mass is 248 g/mol. The molecule has 1 aliphatic rings. The van der Waals surface area contributed by atoms with Gasteiger partial charge in [0.05, 0.1) is 18.4 Å². The molecule has 0 aromatic heterocycles. The minimum absolute atomic E-state index is 0.130. The summed E-state index contributed by atoms with van der Waals surface area (Å²) in [5, 5.41) is 2.93. The summed E-state index contributed by atoms with van der Waals surface area (Å²) in [4.78, 5) is 12.0. The molecule has 0 heterocycles. The van der Waals surface area contributed by atoms with Crippen molar-refractivity contribution in [3.05, 3.63) is 23.8 Å². The van der Waals surface area contributed by atoms with E-state index in [0.717, 1.165) is 0 Å². The number of carbonyl (C=O) groups is 1. The number of benzene rings is 1. The van der Waals surface area contributed by atoms with E-state index in [0.29, 0.717) is 34.9 Å². The first-order valence-electron chi connectivity index (χ1n) is 6.16. The first kappa shape index (κ1) is 12.7. The predicted molar refractivity (Wildman–Crippen MR) is 71.6 cm³/mol. The number of anilines is 1. The molecule has 3 N–H and O–H groups in total. The van der Waals surface area contributed by atoms with E-state index in [2.05, 4.69) is 19.2 Å². The fourth-order valence-corrected chi connectivity index (χ4v) is 2.16. The van der Waals surface area contributed by atoms with Crippen molar-refractivity contribution in [3.8, 4) is 5.75 Å². The Morgan fingerprint density at radius 2 is 2.22 bits per heavy atom. The SMILES string of the molecule is COc1cccc(C(=O)NCC2CC2(C)C)c1N. The van der Waals surface area contributed by atoms with Gasteiger partial charge in [-0.2, -0.15) is 0 Å². The number of hydrogen-bond donors (Lipinski definition) is 2. The highest BCUT2D eigenvalue weighted by Crippen LogP contribution is 2.51. The summed E-state index contributed by atoms with van der Waals surface area (Å²) in [6, 6.07) is 5.23. The zero-order valence-electron chi connectivity index (χ0n) is 11.1. The molecule has 98 valence electrons. The number of methoxy groups -OCH3 is 1. The number of nitrogens with one attached hydrogen (secondary N) is 1. The van der Waals surface area contributed by atoms with Crippen molar-refractivity contribution < 1.29 is 9.53 Å². The Kier molecular flexibility index (Phi) is 3.20. The topological polar surface area (TPSA) is 64.3 Å². The van der Waals surface area contributed by atoms with Crippen molar-refractivity contribution >= 4 is 11.6 Å². The molecule has 1 fully saturated rings. The van der Waals surface area contributed by atoms with Crippen LogP contribution in [-0.2, 0) is 0 Å². The van der Waals surface area contributed by atoms with E-state index in [1.165, 1.54) is 6.42 Å². The maximum absolute atomic E-state index is 12.0. The number of hydrogen-bond acceptors (Lipinski definition) is 3. The summed E-state index contributed by atoms with van der Waals surface area (Å²) in [5.41, 5.74) is 7.13. The van der Waals surface area contributed by atoms with Crippen molar-refractivity contribution in [3.63, 3.8) is 0 Å². The number of carbonyl (C=O) groups excluding carboxylic acids is 1. The van der Waals surface area contributed by atoms with E-state index in [1.807, 2.05) is 0 Å². The average Bonchev–Trinajstić information content (AvgIpc) is 2.94. The molecular formula is C14H20N2O2. The van der Waals surface area contributed by atoms with Crippen LogP contribution in [0.4, 0.5) is 5.69 Å². The highest BCUT2D eigenvalue weighted by molar-refractivity contribution is 6.00. The fourth-order valence-electron chi connectivity index (χ4n) is 2.16. The highest BCUT2D eigenvalue weighted by Gasteiger charge is 2.45. The molecule has 0 radical (unpaired) electrons. The first-order chi connectivity index (χ1) is 8.45. The van der Waals surface area contributed by atoms with E-state index in [1.54, 1.807) is 25.3 Å². The quantitative estimate of drug-likeness (QED) is 0.802. The van der Waals surface area contributed by atoms with Crippen molar-refractivity contribution in [1.29, 1.82) is 0 Å². The Labute approximate surface area is 108 Å². The molecule has 0 saturated heterocycles. The van der Waals surface area contributed by atoms with Gasteiger partial charge in [0.25, 0.3) is 5.91 Å². The molecule has 0 spiro atoms. The number of para-hydroxylation sites is 1. The molecule has 2 rings (SSSR count). The van der Waals surface area contributed by atoms with E-state index in [4.69, 9.17) is 10.5 Å². The molecule has 1 aliphatic carbocycles. The normalized spacial score (nSPS) is 20.3. The maximum Gasteiger partial charge on any atom is 0.253 e. The molecule has 1 unspecified atom stereocenters. The van der Waals surface area contributed by atoms with Gasteiger partial charge in [0, 0.05) is 6.54 Å². The summed E-state index contributed by atoms with van der Waals surface area (Å²) >= 11 is 0. The van der Waals surface area contributed by atoms with Crippen LogP contribution in [0.25, 0.3) is 0 Å². The van der Waals surface area contributed by atoms with Crippen molar-refractivity contribution in [2.45, 2.75) is 20.3 Å². The second kappa shape index (κ2) is 4.52. The Balaban J connectivity index is 2.01. The van der Waals surface area contributed by atoms with Gasteiger partial charge in [0.2, 0.25) is 0 Å². The van der Waals surface area contributed by atoms with E-state index >= 15 is 0 Å². The van der Waals surface area contributed by atoms with Gasteiger partial charge < -0.3 is 15.8 Å². The number of rotatable bonds is 4. The van der Waals surface area contributed by atoms with Gasteiger partial charge in [0.15, 0.2) is 0 Å². The first-order valence-corrected chi connectivity index (χ1v) is 6.16. The Hall–Kier alpha value is -1.71. The Bertz CT molecular complexity index is 469. The molecule has 1 amide bonds. The lowest BCUT2D eigenvalue weighted by molar-refractivity contribution is 0.0951. The summed E-state index contributed by atoms with van der Waals surface area (Å²) in [6.07, 6.45) is 1.17. The van der Waals surface area contributed by atoms with Crippen LogP contribution in [0.1, 0.15) is 30.6 Å². The van der Waals surface area contributed by atoms with Crippen LogP contribution in [0.5, 0.6) is 5.75 Å². The van der Waals surface area contributed by atoms with Crippen molar-refractivity contribution in [1.82, 2.24) is 5.32 Å². The van der Waals surface area contributed by atoms with Gasteiger partial charge in [0.1, 0.15) is 5.75 Å². The molecular weight excluding hydrogens is 228 g/mol. The van der Waals surface area contributed by atoms with E-state index in [-0.39, 0.29) is 5.91 Å². The van der Waals surface area contributed by atoms with Crippen LogP contribution < -0.4 is 15.8 Å². The Morgan fingerprint density at radius 3 is 2.78 bits per heavy atom. The van der Waals surface area contributed by atoms with Gasteiger partial charge in [-0.1, -0.05) is 19.9 Å². The highest BCUT2D eigenvalue weighted by atomic mass is 16.5. The average molecular weight is 248 g/mol. The van der Waals surface area contributed by atoms with Crippen LogP contribution in [0, 0.1) is 11.3 Å². The number of nitrogen functional groups attached to an aromatic ring is 1. The van der Waals surface area contributed by atoms with Crippen molar-refractivity contribution in [2.24, 2.45) is 11.3 Å². The second-order valence-corrected chi connectivity index (χ2v) is 5.52. The minimum atomic E-state index is -0.130. The van der Waals surface area contributed by atoms with Crippen LogP contribution >= 0.6 is 0 Å². The molecule has 1 aromatic carbocycles. The van der Waals surface area contributed by atoms with Crippen LogP contribution in [0.2, 0.25) is 0 Å². The molecule has 0 bridgehead atoms. The standard InChI is InChI=1S/C14H20N2O2/c1-14(2)7-9(14)8-16-13(17)10-5-4-6-11(18-3)12(10)15/h4-6,9H,7-8,15H2,1-3H3,(H,16,17). The molecule has 0 aliphatic heterocycles. The summed E-state index contributed by atoms with van der Waals surface area (Å²) in [5.74, 6) is 0.983. The largest absolute Gasteiger partial charge is 0.495 e. The lowest BCUT2D eigenvalue weighted by Crippen LogP contribution is -2.27. The molecule has 18 heavy (non-hydrogen) atoms. The van der Waals surface area contributed by atoms with Crippen LogP contribution in [-0.4, -0.2) is 19.6 Å². The second-order valence-electron chi connectivity index (χ2n) is 5.52. The molecule has 4 nitrogen and oxygen atoms in total. The third-order valence-corrected chi connectivity index (χ3v) is 3.76. The third kappa shape index (κ3) is 2.42. The van der Waals surface area contributed by atoms with Crippen LogP contribution in [0.3, 0.4) is 0 Å². The lowest BCUT2D eigenvalue weighted by atomic mass is 10.1. The van der Waals surface area contributed by atoms with Gasteiger partial charge in [-0.05, 0) is 29.9 Å². The zero-order valence-corrected chi connectivity index (χ0v) is 11.1. The summed E-state index contributed by atoms with van der Waals surface area (Å²) < 4.78 is 5.10. The van der Waals surface area contributed by atoms with E-state index < -0.39 is 0 Å². The summed E-state index contributed by atoms with van der Waals surface area (Å²) in [6.45, 7) is 5.13. The number of ether oxygens (including phenoxy) is 1. The third-order valence-electron chi connectivity index (χ3n) is 3.76. The molecule has 1 aromatic rings. The smallest absolute Gasteiger partial charge is 0.253 e. The number of amides is 1. The molecule has 1 saturated carbocycles. The predicted octanol–water partition coefficient (Wildman–Crippen LogP) is 2.05. The molecule has 1 atom stereocenters. The number of nitrogens with two attached hydrogens (primary N) is 1. The lowest BCUT2D eigenvalue weighted by Gasteiger charge is -2.11. The Morgan fingerprint density at radius 1 is 1.56 bits per heavy atom. The summed E-state index contributed by atoms with van der Waals surface area (Å²) in [7, 11) is 1.54. The maximum atomic E-state index is 12.0. The van der Waals surface area contributed by atoms with E-state index in [9.17, 15) is 4.79 Å². The van der Waals surface area contributed by atoms with Gasteiger partial charge >= 0.3 is 0 Å². The molecule has 4 heteroatoms. The van der Waals surface area contributed by atoms with Crippen molar-refractivity contribution in [2.75, 3.05) is 19.4 Å². The van der Waals surface area contributed by atoms with Gasteiger partial charge in [-0.15, -0.1) is 0 Å². The van der Waals surface area contributed by atoms with Gasteiger partial charge in [-0.25, -0.2) is 0 Å². The zero-order chi connectivity index (χ0) is 13.3. The van der Waals surface area contributed by atoms with Gasteiger partial charge in [-0.3, -0.25) is 4.79 Å².